The summed E-state index contributed by atoms with van der Waals surface area (Å²) < 4.78 is 30.5. The van der Waals surface area contributed by atoms with Gasteiger partial charge in [0.2, 0.25) is 0 Å². The number of fused-ring (bicyclic) bond motifs is 1. The Kier molecular flexibility index (Phi) is 10.5. The van der Waals surface area contributed by atoms with Crippen LogP contribution < -0.4 is 5.32 Å². The summed E-state index contributed by atoms with van der Waals surface area (Å²) in [5.74, 6) is -1.94. The van der Waals surface area contributed by atoms with Gasteiger partial charge in [-0.05, 0) is 80.9 Å². The number of thiol groups is 1. The van der Waals surface area contributed by atoms with Gasteiger partial charge in [0.05, 0.1) is 5.69 Å². The van der Waals surface area contributed by atoms with Crippen molar-refractivity contribution in [3.63, 3.8) is 0 Å². The lowest BCUT2D eigenvalue weighted by Crippen LogP contribution is -2.49. The van der Waals surface area contributed by atoms with Crippen LogP contribution in [0.3, 0.4) is 0 Å². The molecule has 0 saturated carbocycles. The Balaban J connectivity index is 0.000000466. The zero-order chi connectivity index (χ0) is 26.3. The van der Waals surface area contributed by atoms with E-state index in [0.717, 1.165) is 22.4 Å². The molecule has 3 rings (SSSR count). The van der Waals surface area contributed by atoms with E-state index in [1.807, 2.05) is 57.4 Å². The molecule has 0 radical (unpaired) electrons. The van der Waals surface area contributed by atoms with Crippen molar-refractivity contribution in [3.8, 4) is 11.3 Å². The fraction of sp³-hybridized carbons (Fsp3) is 0.519. The molecular formula is C27H38F2N4S2. The summed E-state index contributed by atoms with van der Waals surface area (Å²) in [6, 6.07) is 9.91. The second kappa shape index (κ2) is 12.5. The first kappa shape index (κ1) is 29.5. The number of benzene rings is 1. The van der Waals surface area contributed by atoms with Crippen molar-refractivity contribution in [2.24, 2.45) is 15.8 Å². The monoisotopic (exact) mass is 520 g/mol. The van der Waals surface area contributed by atoms with Crippen molar-refractivity contribution in [1.29, 1.82) is 5.41 Å². The predicted molar refractivity (Wildman–Crippen MR) is 150 cm³/mol. The van der Waals surface area contributed by atoms with Crippen molar-refractivity contribution in [2.45, 2.75) is 57.3 Å². The number of nitrogens with one attached hydrogen (secondary N) is 2. The quantitative estimate of drug-likeness (QED) is 0.162. The Morgan fingerprint density at radius 1 is 1.20 bits per heavy atom. The van der Waals surface area contributed by atoms with Crippen LogP contribution in [-0.4, -0.2) is 49.1 Å². The number of halogens is 2. The molecule has 8 heteroatoms. The van der Waals surface area contributed by atoms with Crippen molar-refractivity contribution < 1.29 is 8.78 Å². The molecular weight excluding hydrogens is 482 g/mol. The standard InChI is InChI=1S/C21H26F2N2S2.C6H12N2/c1-24-9-7-20(8-10-26)12-17-14-25-19(11-16(17)13-21(20,22)23)15-3-5-18(27-2)6-4-15;1-6(2,3)5(7)8-4/h3-6,11,14,24,26H,7-10,12-13H2,1-2H3;7H,4H2,1-3H3. The van der Waals surface area contributed by atoms with E-state index in [-0.39, 0.29) is 11.8 Å². The van der Waals surface area contributed by atoms with Gasteiger partial charge in [0, 0.05) is 33.9 Å². The van der Waals surface area contributed by atoms with Crippen molar-refractivity contribution in [2.75, 3.05) is 25.6 Å². The minimum absolute atomic E-state index is 0.137. The van der Waals surface area contributed by atoms with E-state index in [1.54, 1.807) is 25.0 Å². The number of alkyl halides is 2. The fourth-order valence-corrected chi connectivity index (χ4v) is 5.01. The lowest BCUT2D eigenvalue weighted by molar-refractivity contribution is -0.134. The summed E-state index contributed by atoms with van der Waals surface area (Å²) in [6.07, 6.45) is 4.81. The first-order valence-corrected chi connectivity index (χ1v) is 13.6. The lowest BCUT2D eigenvalue weighted by Gasteiger charge is -2.44. The van der Waals surface area contributed by atoms with Gasteiger partial charge >= 0.3 is 0 Å². The fourth-order valence-electron chi connectivity index (χ4n) is 4.17. The maximum Gasteiger partial charge on any atom is 0.258 e. The summed E-state index contributed by atoms with van der Waals surface area (Å²) in [7, 11) is 1.81. The van der Waals surface area contributed by atoms with E-state index in [4.69, 9.17) is 5.41 Å². The zero-order valence-electron chi connectivity index (χ0n) is 21.4. The number of aliphatic imine (C=N–C) groups is 1. The molecule has 0 aliphatic heterocycles. The number of amidine groups is 1. The van der Waals surface area contributed by atoms with Crippen LogP contribution in [0.5, 0.6) is 0 Å². The molecule has 1 aromatic heterocycles. The molecule has 192 valence electrons. The minimum atomic E-state index is -2.75. The molecule has 2 aromatic rings. The second-order valence-corrected chi connectivity index (χ2v) is 11.3. The Bertz CT molecular complexity index is 1000. The summed E-state index contributed by atoms with van der Waals surface area (Å²) in [6.45, 7) is 9.63. The van der Waals surface area contributed by atoms with Gasteiger partial charge in [-0.3, -0.25) is 10.4 Å². The molecule has 35 heavy (non-hydrogen) atoms. The number of pyridine rings is 1. The number of hydrogen-bond acceptors (Lipinski definition) is 5. The first-order valence-electron chi connectivity index (χ1n) is 11.7. The minimum Gasteiger partial charge on any atom is -0.320 e. The highest BCUT2D eigenvalue weighted by molar-refractivity contribution is 7.98. The van der Waals surface area contributed by atoms with E-state index in [2.05, 4.69) is 34.6 Å². The van der Waals surface area contributed by atoms with E-state index >= 15 is 8.78 Å². The largest absolute Gasteiger partial charge is 0.320 e. The molecule has 0 amide bonds. The van der Waals surface area contributed by atoms with Crippen LogP contribution in [0.15, 0.2) is 46.4 Å². The van der Waals surface area contributed by atoms with Crippen LogP contribution in [0.25, 0.3) is 11.3 Å². The van der Waals surface area contributed by atoms with Crippen molar-refractivity contribution in [3.05, 3.63) is 47.7 Å². The number of thioether (sulfide) groups is 1. The summed E-state index contributed by atoms with van der Waals surface area (Å²) in [5, 5.41) is 10.2. The molecule has 0 bridgehead atoms. The average Bonchev–Trinajstić information content (AvgIpc) is 2.82. The number of hydrogen-bond donors (Lipinski definition) is 3. The van der Waals surface area contributed by atoms with Gasteiger partial charge in [-0.1, -0.05) is 32.9 Å². The van der Waals surface area contributed by atoms with Crippen LogP contribution in [-0.2, 0) is 12.8 Å². The van der Waals surface area contributed by atoms with Crippen LogP contribution in [0.1, 0.15) is 44.7 Å². The highest BCUT2D eigenvalue weighted by atomic mass is 32.2. The third-order valence-corrected chi connectivity index (χ3v) is 7.47. The molecule has 1 unspecified atom stereocenters. The summed E-state index contributed by atoms with van der Waals surface area (Å²) >= 11 is 5.94. The Hall–Kier alpha value is -1.77. The third kappa shape index (κ3) is 7.37. The normalized spacial score (nSPS) is 18.7. The van der Waals surface area contributed by atoms with Gasteiger partial charge < -0.3 is 5.32 Å². The van der Waals surface area contributed by atoms with Crippen LogP contribution in [0, 0.1) is 16.2 Å². The van der Waals surface area contributed by atoms with Crippen LogP contribution in [0.2, 0.25) is 0 Å². The first-order chi connectivity index (χ1) is 16.4. The Labute approximate surface area is 218 Å². The van der Waals surface area contributed by atoms with E-state index < -0.39 is 11.3 Å². The third-order valence-electron chi connectivity index (χ3n) is 6.50. The van der Waals surface area contributed by atoms with Gasteiger partial charge in [-0.15, -0.1) is 11.8 Å². The van der Waals surface area contributed by atoms with Crippen LogP contribution in [0.4, 0.5) is 8.78 Å². The van der Waals surface area contributed by atoms with Crippen LogP contribution >= 0.6 is 24.4 Å². The smallest absolute Gasteiger partial charge is 0.258 e. The van der Waals surface area contributed by atoms with Crippen molar-refractivity contribution in [1.82, 2.24) is 10.3 Å². The molecule has 4 nitrogen and oxygen atoms in total. The van der Waals surface area contributed by atoms with E-state index in [1.165, 1.54) is 4.90 Å². The SMILES string of the molecule is C=NC(=N)C(C)(C)C.CNCCC1(CCS)Cc2cnc(-c3ccc(SC)cc3)cc2CC1(F)F. The van der Waals surface area contributed by atoms with Gasteiger partial charge in [0.15, 0.2) is 0 Å². The van der Waals surface area contributed by atoms with E-state index in [9.17, 15) is 0 Å². The van der Waals surface area contributed by atoms with Gasteiger partial charge in [0.1, 0.15) is 5.84 Å². The zero-order valence-corrected chi connectivity index (χ0v) is 23.1. The lowest BCUT2D eigenvalue weighted by atomic mass is 9.65. The summed E-state index contributed by atoms with van der Waals surface area (Å²) in [4.78, 5) is 9.25. The molecule has 1 aromatic carbocycles. The second-order valence-electron chi connectivity index (χ2n) is 9.99. The molecule has 0 fully saturated rings. The topological polar surface area (TPSA) is 61.1 Å². The van der Waals surface area contributed by atoms with Gasteiger partial charge in [-0.25, -0.2) is 13.8 Å². The average molecular weight is 521 g/mol. The highest BCUT2D eigenvalue weighted by Crippen LogP contribution is 2.51. The number of rotatable bonds is 7. The maximum absolute atomic E-state index is 15.3. The van der Waals surface area contributed by atoms with Gasteiger partial charge in [0.25, 0.3) is 5.92 Å². The molecule has 1 aliphatic carbocycles. The van der Waals surface area contributed by atoms with E-state index in [0.29, 0.717) is 37.4 Å². The highest BCUT2D eigenvalue weighted by Gasteiger charge is 2.55. The number of aromatic nitrogens is 1. The number of nitrogens with zero attached hydrogens (tertiary/aromatic N) is 2. The molecule has 2 N–H and O–H groups in total. The molecule has 1 atom stereocenters. The van der Waals surface area contributed by atoms with Gasteiger partial charge in [-0.2, -0.15) is 12.6 Å². The Morgan fingerprint density at radius 2 is 1.86 bits per heavy atom. The Morgan fingerprint density at radius 3 is 2.34 bits per heavy atom. The summed E-state index contributed by atoms with van der Waals surface area (Å²) in [5.41, 5.74) is 2.20. The maximum atomic E-state index is 15.3. The molecule has 0 spiro atoms. The predicted octanol–water partition coefficient (Wildman–Crippen LogP) is 6.83. The molecule has 0 saturated heterocycles. The molecule has 1 heterocycles. The molecule has 1 aliphatic rings. The van der Waals surface area contributed by atoms with Crippen molar-refractivity contribution >= 4 is 36.9 Å².